The Morgan fingerprint density at radius 1 is 1.37 bits per heavy atom. The van der Waals surface area contributed by atoms with Crippen LogP contribution in [0.5, 0.6) is 0 Å². The first-order valence-electron chi connectivity index (χ1n) is 10.1. The molecule has 4 rings (SSSR count). The van der Waals surface area contributed by atoms with Gasteiger partial charge >= 0.3 is 0 Å². The quantitative estimate of drug-likeness (QED) is 0.572. The molecule has 30 heavy (non-hydrogen) atoms. The van der Waals surface area contributed by atoms with Gasteiger partial charge in [0.2, 0.25) is 5.91 Å². The molecule has 1 unspecified atom stereocenters. The molecular formula is C21H27N5O2S2. The van der Waals surface area contributed by atoms with E-state index < -0.39 is 0 Å². The number of aromatic nitrogens is 4. The SMILES string of the molecule is Cc1cc(NC(=O)CSc2nnc(-c3cc4c(s3)CCC(C(C)(C)C)C4)n2C)no1. The Hall–Kier alpha value is -2.13. The van der Waals surface area contributed by atoms with E-state index in [1.807, 2.05) is 23.0 Å². The fraction of sp³-hybridized carbons (Fsp3) is 0.524. The number of carbonyl (C=O) groups excluding carboxylic acids is 1. The standard InChI is InChI=1S/C21H27N5O2S2/c1-12-8-17(25-28-12)22-18(27)11-29-20-24-23-19(26(20)5)16-10-13-9-14(21(2,3)4)6-7-15(13)30-16/h8,10,14H,6-7,9,11H2,1-5H3,(H,22,25,27). The van der Waals surface area contributed by atoms with E-state index in [1.165, 1.54) is 28.6 Å². The Morgan fingerprint density at radius 2 is 2.17 bits per heavy atom. The minimum absolute atomic E-state index is 0.155. The van der Waals surface area contributed by atoms with Gasteiger partial charge in [0.25, 0.3) is 0 Å². The fourth-order valence-electron chi connectivity index (χ4n) is 3.76. The number of carbonyl (C=O) groups is 1. The van der Waals surface area contributed by atoms with Crippen molar-refractivity contribution >= 4 is 34.8 Å². The highest BCUT2D eigenvalue weighted by atomic mass is 32.2. The number of nitrogens with one attached hydrogen (secondary N) is 1. The number of hydrogen-bond donors (Lipinski definition) is 1. The van der Waals surface area contributed by atoms with E-state index in [0.29, 0.717) is 22.9 Å². The molecule has 7 nitrogen and oxygen atoms in total. The van der Waals surface area contributed by atoms with Crippen LogP contribution in [-0.2, 0) is 24.7 Å². The molecule has 0 radical (unpaired) electrons. The van der Waals surface area contributed by atoms with E-state index in [1.54, 1.807) is 13.0 Å². The molecule has 0 bridgehead atoms. The molecule has 1 aliphatic rings. The Balaban J connectivity index is 1.42. The van der Waals surface area contributed by atoms with E-state index in [2.05, 4.69) is 47.5 Å². The lowest BCUT2D eigenvalue weighted by Crippen LogP contribution is -2.26. The first-order valence-corrected chi connectivity index (χ1v) is 11.9. The molecule has 0 aromatic carbocycles. The average molecular weight is 446 g/mol. The Morgan fingerprint density at radius 3 is 2.87 bits per heavy atom. The van der Waals surface area contributed by atoms with Gasteiger partial charge in [-0.05, 0) is 49.1 Å². The van der Waals surface area contributed by atoms with Gasteiger partial charge in [-0.25, -0.2) is 0 Å². The fourth-order valence-corrected chi connectivity index (χ4v) is 5.70. The first kappa shape index (κ1) is 21.1. The smallest absolute Gasteiger partial charge is 0.236 e. The summed E-state index contributed by atoms with van der Waals surface area (Å²) < 4.78 is 6.93. The van der Waals surface area contributed by atoms with Crippen LogP contribution in [0.2, 0.25) is 0 Å². The predicted molar refractivity (Wildman–Crippen MR) is 120 cm³/mol. The highest BCUT2D eigenvalue weighted by Gasteiger charge is 2.30. The molecule has 0 saturated carbocycles. The van der Waals surface area contributed by atoms with Crippen molar-refractivity contribution in [3.63, 3.8) is 0 Å². The minimum atomic E-state index is -0.155. The van der Waals surface area contributed by atoms with Gasteiger partial charge in [-0.1, -0.05) is 37.7 Å². The number of thiophene rings is 1. The van der Waals surface area contributed by atoms with Crippen LogP contribution in [0.1, 0.15) is 43.4 Å². The third kappa shape index (κ3) is 4.46. The second kappa shape index (κ2) is 8.19. The molecule has 3 heterocycles. The summed E-state index contributed by atoms with van der Waals surface area (Å²) in [5.41, 5.74) is 1.79. The van der Waals surface area contributed by atoms with E-state index in [0.717, 1.165) is 28.7 Å². The largest absolute Gasteiger partial charge is 0.360 e. The van der Waals surface area contributed by atoms with Crippen LogP contribution in [0.4, 0.5) is 5.82 Å². The number of fused-ring (bicyclic) bond motifs is 1. The lowest BCUT2D eigenvalue weighted by molar-refractivity contribution is -0.113. The van der Waals surface area contributed by atoms with Crippen molar-refractivity contribution in [2.24, 2.45) is 18.4 Å². The van der Waals surface area contributed by atoms with Gasteiger partial charge in [-0.2, -0.15) is 0 Å². The zero-order valence-electron chi connectivity index (χ0n) is 18.0. The van der Waals surface area contributed by atoms with Crippen molar-refractivity contribution in [1.29, 1.82) is 0 Å². The number of nitrogens with zero attached hydrogens (tertiary/aromatic N) is 4. The molecule has 3 aromatic rings. The summed E-state index contributed by atoms with van der Waals surface area (Å²) in [6.07, 6.45) is 3.52. The molecule has 1 aliphatic carbocycles. The van der Waals surface area contributed by atoms with E-state index in [4.69, 9.17) is 4.52 Å². The summed E-state index contributed by atoms with van der Waals surface area (Å²) in [5, 5.41) is 15.9. The molecular weight excluding hydrogens is 418 g/mol. The molecule has 0 fully saturated rings. The van der Waals surface area contributed by atoms with Gasteiger partial charge in [0.15, 0.2) is 16.8 Å². The topological polar surface area (TPSA) is 85.8 Å². The number of rotatable bonds is 5. The van der Waals surface area contributed by atoms with Crippen molar-refractivity contribution in [1.82, 2.24) is 19.9 Å². The summed E-state index contributed by atoms with van der Waals surface area (Å²) in [6, 6.07) is 3.97. The number of amides is 1. The number of thioether (sulfide) groups is 1. The molecule has 9 heteroatoms. The number of aryl methyl sites for hydroxylation is 2. The Kier molecular flexibility index (Phi) is 5.76. The molecule has 0 aliphatic heterocycles. The molecule has 160 valence electrons. The summed E-state index contributed by atoms with van der Waals surface area (Å²) in [5.74, 6) is 2.73. The van der Waals surface area contributed by atoms with Crippen molar-refractivity contribution in [3.8, 4) is 10.7 Å². The normalized spacial score (nSPS) is 16.5. The highest BCUT2D eigenvalue weighted by molar-refractivity contribution is 7.99. The van der Waals surface area contributed by atoms with E-state index in [9.17, 15) is 4.79 Å². The second-order valence-electron chi connectivity index (χ2n) is 8.89. The van der Waals surface area contributed by atoms with Crippen LogP contribution in [0, 0.1) is 18.3 Å². The zero-order valence-corrected chi connectivity index (χ0v) is 19.6. The maximum absolute atomic E-state index is 12.2. The van der Waals surface area contributed by atoms with Crippen LogP contribution in [0.25, 0.3) is 10.7 Å². The van der Waals surface area contributed by atoms with Gasteiger partial charge in [0.1, 0.15) is 5.76 Å². The van der Waals surface area contributed by atoms with E-state index in [-0.39, 0.29) is 11.7 Å². The molecule has 3 aromatic heterocycles. The van der Waals surface area contributed by atoms with Gasteiger partial charge in [0.05, 0.1) is 10.6 Å². The van der Waals surface area contributed by atoms with Crippen LogP contribution >= 0.6 is 23.1 Å². The summed E-state index contributed by atoms with van der Waals surface area (Å²) in [7, 11) is 1.95. The van der Waals surface area contributed by atoms with Crippen molar-refractivity contribution in [2.75, 3.05) is 11.1 Å². The lowest BCUT2D eigenvalue weighted by atomic mass is 9.72. The molecule has 1 N–H and O–H groups in total. The molecule has 1 amide bonds. The van der Waals surface area contributed by atoms with Gasteiger partial charge < -0.3 is 14.4 Å². The van der Waals surface area contributed by atoms with Gasteiger partial charge in [0, 0.05) is 18.0 Å². The van der Waals surface area contributed by atoms with Crippen molar-refractivity contribution in [3.05, 3.63) is 28.3 Å². The summed E-state index contributed by atoms with van der Waals surface area (Å²) >= 11 is 3.19. The van der Waals surface area contributed by atoms with Crippen LogP contribution in [0.15, 0.2) is 21.8 Å². The van der Waals surface area contributed by atoms with Crippen LogP contribution in [-0.4, -0.2) is 31.6 Å². The monoisotopic (exact) mass is 445 g/mol. The maximum Gasteiger partial charge on any atom is 0.236 e. The van der Waals surface area contributed by atoms with Gasteiger partial charge in [-0.15, -0.1) is 21.5 Å². The Bertz CT molecular complexity index is 1060. The summed E-state index contributed by atoms with van der Waals surface area (Å²) in [4.78, 5) is 14.8. The second-order valence-corrected chi connectivity index (χ2v) is 11.0. The van der Waals surface area contributed by atoms with Gasteiger partial charge in [-0.3, -0.25) is 4.79 Å². The average Bonchev–Trinajstić information content (AvgIpc) is 3.37. The van der Waals surface area contributed by atoms with E-state index >= 15 is 0 Å². The van der Waals surface area contributed by atoms with Crippen LogP contribution < -0.4 is 5.32 Å². The van der Waals surface area contributed by atoms with Crippen molar-refractivity contribution < 1.29 is 9.32 Å². The Labute approximate surface area is 184 Å². The maximum atomic E-state index is 12.2. The third-order valence-corrected chi connectivity index (χ3v) is 7.84. The van der Waals surface area contributed by atoms with Crippen LogP contribution in [0.3, 0.4) is 0 Å². The minimum Gasteiger partial charge on any atom is -0.360 e. The molecule has 0 saturated heterocycles. The first-order chi connectivity index (χ1) is 14.2. The van der Waals surface area contributed by atoms with Crippen molar-refractivity contribution in [2.45, 2.75) is 52.1 Å². The molecule has 1 atom stereocenters. The highest BCUT2D eigenvalue weighted by Crippen LogP contribution is 2.42. The predicted octanol–water partition coefficient (Wildman–Crippen LogP) is 4.72. The third-order valence-electron chi connectivity index (χ3n) is 5.59. The molecule has 0 spiro atoms. The number of hydrogen-bond acceptors (Lipinski definition) is 7. The number of anilines is 1. The lowest BCUT2D eigenvalue weighted by Gasteiger charge is -2.33. The zero-order chi connectivity index (χ0) is 21.5. The summed E-state index contributed by atoms with van der Waals surface area (Å²) in [6.45, 7) is 8.79.